The lowest BCUT2D eigenvalue weighted by atomic mass is 10.0. The van der Waals surface area contributed by atoms with E-state index in [1.54, 1.807) is 6.20 Å². The highest BCUT2D eigenvalue weighted by Gasteiger charge is 2.25. The van der Waals surface area contributed by atoms with Gasteiger partial charge in [-0.15, -0.1) is 0 Å². The van der Waals surface area contributed by atoms with Crippen LogP contribution in [0.15, 0.2) is 30.5 Å². The average molecular weight is 319 g/mol. The first kappa shape index (κ1) is 16.5. The first-order chi connectivity index (χ1) is 10.9. The minimum atomic E-state index is -1.29. The zero-order chi connectivity index (χ0) is 17.0. The molecule has 0 saturated carbocycles. The number of hydrogen-bond donors (Lipinski definition) is 5. The van der Waals surface area contributed by atoms with Gasteiger partial charge in [0.1, 0.15) is 6.04 Å². The maximum atomic E-state index is 11.8. The summed E-state index contributed by atoms with van der Waals surface area (Å²) in [6.45, 7) is 0. The first-order valence-electron chi connectivity index (χ1n) is 6.94. The van der Waals surface area contributed by atoms with Gasteiger partial charge in [0.05, 0.1) is 12.5 Å². The Bertz CT molecular complexity index is 740. The Morgan fingerprint density at radius 1 is 1.22 bits per heavy atom. The fourth-order valence-corrected chi connectivity index (χ4v) is 2.28. The van der Waals surface area contributed by atoms with E-state index < -0.39 is 36.4 Å². The number of aliphatic carboxylic acids is 2. The molecule has 0 bridgehead atoms. The minimum absolute atomic E-state index is 0.0604. The van der Waals surface area contributed by atoms with Crippen molar-refractivity contribution in [2.45, 2.75) is 24.9 Å². The molecule has 0 spiro atoms. The van der Waals surface area contributed by atoms with E-state index in [2.05, 4.69) is 10.3 Å². The third-order valence-electron chi connectivity index (χ3n) is 3.44. The average Bonchev–Trinajstić information content (AvgIpc) is 2.89. The summed E-state index contributed by atoms with van der Waals surface area (Å²) in [6.07, 6.45) is 1.18. The Balaban J connectivity index is 2.11. The van der Waals surface area contributed by atoms with Gasteiger partial charge < -0.3 is 26.2 Å². The second kappa shape index (κ2) is 6.93. The molecule has 0 aliphatic rings. The molecule has 23 heavy (non-hydrogen) atoms. The van der Waals surface area contributed by atoms with Crippen LogP contribution < -0.4 is 11.1 Å². The van der Waals surface area contributed by atoms with E-state index in [1.807, 2.05) is 24.3 Å². The molecule has 0 aliphatic carbocycles. The van der Waals surface area contributed by atoms with Crippen molar-refractivity contribution in [3.63, 3.8) is 0 Å². The number of aromatic nitrogens is 1. The topological polar surface area (TPSA) is 146 Å². The summed E-state index contributed by atoms with van der Waals surface area (Å²) in [5.74, 6) is -3.25. The van der Waals surface area contributed by atoms with Crippen molar-refractivity contribution in [3.05, 3.63) is 36.0 Å². The number of aromatic amines is 1. The van der Waals surface area contributed by atoms with Crippen LogP contribution in [0.25, 0.3) is 10.9 Å². The van der Waals surface area contributed by atoms with Crippen LogP contribution in [0.3, 0.4) is 0 Å². The standard InChI is InChI=1S/C15H17N3O5/c16-10(6-13(19)20)14(21)18-12(15(22)23)5-8-7-17-11-4-2-1-3-9(8)11/h1-4,7,10,12,17H,5-6,16H2,(H,18,21)(H,19,20)(H,22,23)/t10?,12-/m0/s1. The van der Waals surface area contributed by atoms with Crippen molar-refractivity contribution in [3.8, 4) is 0 Å². The van der Waals surface area contributed by atoms with Crippen LogP contribution in [0, 0.1) is 0 Å². The predicted molar refractivity (Wildman–Crippen MR) is 81.8 cm³/mol. The van der Waals surface area contributed by atoms with Crippen molar-refractivity contribution in [1.29, 1.82) is 0 Å². The first-order valence-corrected chi connectivity index (χ1v) is 6.94. The van der Waals surface area contributed by atoms with Crippen molar-refractivity contribution in [2.24, 2.45) is 5.73 Å². The van der Waals surface area contributed by atoms with Crippen molar-refractivity contribution in [1.82, 2.24) is 10.3 Å². The third-order valence-corrected chi connectivity index (χ3v) is 3.44. The third kappa shape index (κ3) is 4.07. The van der Waals surface area contributed by atoms with Crippen molar-refractivity contribution < 1.29 is 24.6 Å². The number of H-pyrrole nitrogens is 1. The summed E-state index contributed by atoms with van der Waals surface area (Å²) >= 11 is 0. The highest BCUT2D eigenvalue weighted by Crippen LogP contribution is 2.19. The molecule has 0 radical (unpaired) electrons. The molecular formula is C15H17N3O5. The summed E-state index contributed by atoms with van der Waals surface area (Å²) in [6, 6.07) is 4.90. The number of nitrogens with one attached hydrogen (secondary N) is 2. The lowest BCUT2D eigenvalue weighted by molar-refractivity contribution is -0.142. The Labute approximate surface area is 131 Å². The smallest absolute Gasteiger partial charge is 0.326 e. The molecule has 8 nitrogen and oxygen atoms in total. The SMILES string of the molecule is NC(CC(=O)O)C(=O)N[C@@H](Cc1c[nH]c2ccccc12)C(=O)O. The number of carbonyl (C=O) groups is 3. The number of benzene rings is 1. The molecule has 6 N–H and O–H groups in total. The van der Waals surface area contributed by atoms with Gasteiger partial charge in [-0.25, -0.2) is 4.79 Å². The van der Waals surface area contributed by atoms with Gasteiger partial charge in [-0.05, 0) is 11.6 Å². The Kier molecular flexibility index (Phi) is 4.97. The van der Waals surface area contributed by atoms with Crippen LogP contribution in [-0.4, -0.2) is 45.1 Å². The zero-order valence-corrected chi connectivity index (χ0v) is 12.2. The van der Waals surface area contributed by atoms with Crippen LogP contribution in [0.1, 0.15) is 12.0 Å². The number of nitrogens with two attached hydrogens (primary N) is 1. The molecule has 0 aliphatic heterocycles. The van der Waals surface area contributed by atoms with E-state index in [0.717, 1.165) is 16.5 Å². The number of amides is 1. The molecule has 1 amide bonds. The molecule has 1 aromatic carbocycles. The van der Waals surface area contributed by atoms with Crippen molar-refractivity contribution in [2.75, 3.05) is 0 Å². The number of rotatable bonds is 7. The van der Waals surface area contributed by atoms with Crippen LogP contribution in [0.4, 0.5) is 0 Å². The number of carboxylic acids is 2. The largest absolute Gasteiger partial charge is 0.481 e. The summed E-state index contributed by atoms with van der Waals surface area (Å²) in [5, 5.41) is 21.0. The molecule has 1 aromatic heterocycles. The summed E-state index contributed by atoms with van der Waals surface area (Å²) in [7, 11) is 0. The zero-order valence-electron chi connectivity index (χ0n) is 12.2. The lowest BCUT2D eigenvalue weighted by Gasteiger charge is -2.16. The summed E-state index contributed by atoms with van der Waals surface area (Å²) < 4.78 is 0. The van der Waals surface area contributed by atoms with Gasteiger partial charge in [0.2, 0.25) is 5.91 Å². The van der Waals surface area contributed by atoms with Gasteiger partial charge >= 0.3 is 11.9 Å². The van der Waals surface area contributed by atoms with Gasteiger partial charge in [0, 0.05) is 23.5 Å². The van der Waals surface area contributed by atoms with E-state index in [9.17, 15) is 19.5 Å². The second-order valence-electron chi connectivity index (χ2n) is 5.17. The Morgan fingerprint density at radius 2 is 1.91 bits per heavy atom. The van der Waals surface area contributed by atoms with Crippen LogP contribution in [0.2, 0.25) is 0 Å². The number of para-hydroxylation sites is 1. The summed E-state index contributed by atoms with van der Waals surface area (Å²) in [5.41, 5.74) is 7.04. The molecule has 1 heterocycles. The molecule has 2 atom stereocenters. The summed E-state index contributed by atoms with van der Waals surface area (Å²) in [4.78, 5) is 36.8. The van der Waals surface area contributed by atoms with Gasteiger partial charge in [-0.1, -0.05) is 18.2 Å². The maximum absolute atomic E-state index is 11.8. The molecule has 122 valence electrons. The fourth-order valence-electron chi connectivity index (χ4n) is 2.28. The highest BCUT2D eigenvalue weighted by atomic mass is 16.4. The van der Waals surface area contributed by atoms with E-state index in [1.165, 1.54) is 0 Å². The number of carbonyl (C=O) groups excluding carboxylic acids is 1. The van der Waals surface area contributed by atoms with E-state index in [-0.39, 0.29) is 6.42 Å². The molecule has 1 unspecified atom stereocenters. The molecule has 2 aromatic rings. The number of hydrogen-bond acceptors (Lipinski definition) is 4. The quantitative estimate of drug-likeness (QED) is 0.488. The molecule has 2 rings (SSSR count). The molecule has 0 fully saturated rings. The second-order valence-corrected chi connectivity index (χ2v) is 5.17. The normalized spacial score (nSPS) is 13.4. The number of carboxylic acid groups (broad SMARTS) is 2. The van der Waals surface area contributed by atoms with E-state index in [0.29, 0.717) is 0 Å². The maximum Gasteiger partial charge on any atom is 0.326 e. The van der Waals surface area contributed by atoms with Crippen molar-refractivity contribution >= 4 is 28.7 Å². The highest BCUT2D eigenvalue weighted by molar-refractivity contribution is 5.90. The monoisotopic (exact) mass is 319 g/mol. The van der Waals surface area contributed by atoms with Gasteiger partial charge in [-0.2, -0.15) is 0 Å². The van der Waals surface area contributed by atoms with Crippen LogP contribution in [-0.2, 0) is 20.8 Å². The lowest BCUT2D eigenvalue weighted by Crippen LogP contribution is -2.49. The Hall–Kier alpha value is -2.87. The fraction of sp³-hybridized carbons (Fsp3) is 0.267. The number of fused-ring (bicyclic) bond motifs is 1. The van der Waals surface area contributed by atoms with Crippen LogP contribution in [0.5, 0.6) is 0 Å². The molecule has 8 heteroatoms. The predicted octanol–water partition coefficient (Wildman–Crippen LogP) is 0.0818. The van der Waals surface area contributed by atoms with E-state index >= 15 is 0 Å². The van der Waals surface area contributed by atoms with Gasteiger partial charge in [0.15, 0.2) is 0 Å². The van der Waals surface area contributed by atoms with E-state index in [4.69, 9.17) is 10.8 Å². The van der Waals surface area contributed by atoms with Crippen LogP contribution >= 0.6 is 0 Å². The minimum Gasteiger partial charge on any atom is -0.481 e. The Morgan fingerprint density at radius 3 is 2.57 bits per heavy atom. The van der Waals surface area contributed by atoms with Gasteiger partial charge in [-0.3, -0.25) is 9.59 Å². The molecular weight excluding hydrogens is 302 g/mol. The molecule has 0 saturated heterocycles. The van der Waals surface area contributed by atoms with Gasteiger partial charge in [0.25, 0.3) is 0 Å².